The van der Waals surface area contributed by atoms with Gasteiger partial charge in [0, 0.05) is 25.5 Å². The maximum Gasteiger partial charge on any atom is 0.242 e. The van der Waals surface area contributed by atoms with E-state index >= 15 is 0 Å². The van der Waals surface area contributed by atoms with E-state index in [1.807, 2.05) is 41.0 Å². The lowest BCUT2D eigenvalue weighted by Gasteiger charge is -2.12. The summed E-state index contributed by atoms with van der Waals surface area (Å²) < 4.78 is 27.6. The van der Waals surface area contributed by atoms with Gasteiger partial charge in [-0.1, -0.05) is 42.1 Å². The average Bonchev–Trinajstić information content (AvgIpc) is 3.09. The Hall–Kier alpha value is -2.16. The molecule has 1 aromatic heterocycles. The monoisotopic (exact) mass is 374 g/mol. The van der Waals surface area contributed by atoms with E-state index in [9.17, 15) is 8.42 Å². The van der Waals surface area contributed by atoms with E-state index in [0.29, 0.717) is 10.6 Å². The smallest absolute Gasteiger partial charge is 0.242 e. The quantitative estimate of drug-likeness (QED) is 0.621. The maximum atomic E-state index is 12.2. The molecule has 0 spiro atoms. The third kappa shape index (κ3) is 3.92. The van der Waals surface area contributed by atoms with Crippen molar-refractivity contribution in [3.8, 4) is 5.69 Å². The molecule has 3 aromatic rings. The molecule has 0 saturated heterocycles. The molecule has 0 amide bonds. The van der Waals surface area contributed by atoms with Crippen LogP contribution in [0.3, 0.4) is 0 Å². The van der Waals surface area contributed by atoms with Gasteiger partial charge in [0.05, 0.1) is 4.90 Å². The summed E-state index contributed by atoms with van der Waals surface area (Å²) in [6, 6.07) is 16.8. The number of sulfonamides is 1. The van der Waals surface area contributed by atoms with Crippen LogP contribution in [0.5, 0.6) is 0 Å². The molecule has 0 aliphatic heterocycles. The Kier molecular flexibility index (Phi) is 5.22. The third-order valence-corrected chi connectivity index (χ3v) is 6.42. The number of thioether (sulfide) groups is 1. The molecule has 2 aromatic carbocycles. The first-order valence-electron chi connectivity index (χ1n) is 7.58. The van der Waals surface area contributed by atoms with Gasteiger partial charge in [-0.25, -0.2) is 12.7 Å². The summed E-state index contributed by atoms with van der Waals surface area (Å²) in [5, 5.41) is 8.89. The van der Waals surface area contributed by atoms with E-state index in [1.165, 1.54) is 30.2 Å². The van der Waals surface area contributed by atoms with Crippen molar-refractivity contribution in [2.45, 2.75) is 15.8 Å². The number of hydrogen-bond acceptors (Lipinski definition) is 5. The molecule has 0 saturated carbocycles. The van der Waals surface area contributed by atoms with Crippen LogP contribution in [0.15, 0.2) is 71.0 Å². The highest BCUT2D eigenvalue weighted by Gasteiger charge is 2.17. The first-order valence-corrected chi connectivity index (χ1v) is 10.0. The Morgan fingerprint density at radius 2 is 1.84 bits per heavy atom. The zero-order chi connectivity index (χ0) is 17.9. The van der Waals surface area contributed by atoms with Crippen LogP contribution in [0.25, 0.3) is 5.69 Å². The van der Waals surface area contributed by atoms with Crippen LogP contribution in [-0.2, 0) is 15.8 Å². The van der Waals surface area contributed by atoms with Crippen LogP contribution < -0.4 is 0 Å². The third-order valence-electron chi connectivity index (χ3n) is 3.60. The lowest BCUT2D eigenvalue weighted by Crippen LogP contribution is -2.22. The molecule has 0 atom stereocenters. The van der Waals surface area contributed by atoms with E-state index in [0.717, 1.165) is 16.4 Å². The second kappa shape index (κ2) is 7.38. The fourth-order valence-corrected chi connectivity index (χ4v) is 4.09. The van der Waals surface area contributed by atoms with Crippen molar-refractivity contribution >= 4 is 21.8 Å². The Labute approximate surface area is 151 Å². The van der Waals surface area contributed by atoms with Gasteiger partial charge in [-0.2, -0.15) is 0 Å². The predicted octanol–water partition coefficient (Wildman–Crippen LogP) is 2.81. The van der Waals surface area contributed by atoms with Gasteiger partial charge in [0.25, 0.3) is 0 Å². The molecule has 1 heterocycles. The summed E-state index contributed by atoms with van der Waals surface area (Å²) in [6.45, 7) is 0. The fraction of sp³-hybridized carbons (Fsp3) is 0.176. The van der Waals surface area contributed by atoms with Gasteiger partial charge in [0.15, 0.2) is 5.16 Å². The minimum Gasteiger partial charge on any atom is -0.277 e. The van der Waals surface area contributed by atoms with Gasteiger partial charge >= 0.3 is 0 Å². The SMILES string of the molecule is CN(C)S(=O)(=O)c1cccc(CSc2nncn2-c2ccccc2)c1. The summed E-state index contributed by atoms with van der Waals surface area (Å²) in [5.74, 6) is 0.600. The molecule has 3 rings (SSSR count). The van der Waals surface area contributed by atoms with Crippen molar-refractivity contribution in [3.63, 3.8) is 0 Å². The number of aromatic nitrogens is 3. The molecule has 0 aliphatic rings. The highest BCUT2D eigenvalue weighted by atomic mass is 32.2. The minimum atomic E-state index is -3.43. The number of nitrogens with zero attached hydrogens (tertiary/aromatic N) is 4. The van der Waals surface area contributed by atoms with Crippen molar-refractivity contribution in [3.05, 3.63) is 66.5 Å². The Morgan fingerprint density at radius 1 is 1.08 bits per heavy atom. The van der Waals surface area contributed by atoms with Crippen molar-refractivity contribution in [2.75, 3.05) is 14.1 Å². The predicted molar refractivity (Wildman–Crippen MR) is 98.2 cm³/mol. The number of hydrogen-bond donors (Lipinski definition) is 0. The molecule has 0 N–H and O–H groups in total. The van der Waals surface area contributed by atoms with Crippen LogP contribution >= 0.6 is 11.8 Å². The number of benzene rings is 2. The lowest BCUT2D eigenvalue weighted by atomic mass is 10.2. The van der Waals surface area contributed by atoms with Gasteiger partial charge in [-0.15, -0.1) is 10.2 Å². The van der Waals surface area contributed by atoms with Gasteiger partial charge in [-0.3, -0.25) is 4.57 Å². The van der Waals surface area contributed by atoms with E-state index in [-0.39, 0.29) is 0 Å². The molecule has 25 heavy (non-hydrogen) atoms. The maximum absolute atomic E-state index is 12.2. The molecule has 0 bridgehead atoms. The second-order valence-electron chi connectivity index (χ2n) is 5.54. The molecular formula is C17H18N4O2S2. The van der Waals surface area contributed by atoms with Crippen LogP contribution in [0, 0.1) is 0 Å². The number of rotatable bonds is 6. The van der Waals surface area contributed by atoms with Crippen LogP contribution in [0.4, 0.5) is 0 Å². The van der Waals surface area contributed by atoms with Crippen LogP contribution in [-0.4, -0.2) is 41.6 Å². The van der Waals surface area contributed by atoms with Crippen molar-refractivity contribution < 1.29 is 8.42 Å². The summed E-state index contributed by atoms with van der Waals surface area (Å²) in [6.07, 6.45) is 1.67. The summed E-state index contributed by atoms with van der Waals surface area (Å²) >= 11 is 1.51. The van der Waals surface area contributed by atoms with Crippen molar-refractivity contribution in [1.82, 2.24) is 19.1 Å². The van der Waals surface area contributed by atoms with Crippen molar-refractivity contribution in [2.24, 2.45) is 0 Å². The topological polar surface area (TPSA) is 68.1 Å². The molecule has 8 heteroatoms. The van der Waals surface area contributed by atoms with Gasteiger partial charge in [0.2, 0.25) is 10.0 Å². The molecule has 0 fully saturated rings. The second-order valence-corrected chi connectivity index (χ2v) is 8.64. The van der Waals surface area contributed by atoms with E-state index < -0.39 is 10.0 Å². The van der Waals surface area contributed by atoms with Crippen LogP contribution in [0.1, 0.15) is 5.56 Å². The first kappa shape index (κ1) is 17.7. The average molecular weight is 374 g/mol. The minimum absolute atomic E-state index is 0.292. The van der Waals surface area contributed by atoms with Gasteiger partial charge in [-0.05, 0) is 29.8 Å². The van der Waals surface area contributed by atoms with Crippen molar-refractivity contribution in [1.29, 1.82) is 0 Å². The van der Waals surface area contributed by atoms with Crippen LogP contribution in [0.2, 0.25) is 0 Å². The van der Waals surface area contributed by atoms with E-state index in [1.54, 1.807) is 24.5 Å². The lowest BCUT2D eigenvalue weighted by molar-refractivity contribution is 0.520. The first-order chi connectivity index (χ1) is 12.0. The highest BCUT2D eigenvalue weighted by Crippen LogP contribution is 2.25. The molecular weight excluding hydrogens is 356 g/mol. The highest BCUT2D eigenvalue weighted by molar-refractivity contribution is 7.98. The fourth-order valence-electron chi connectivity index (χ4n) is 2.24. The summed E-state index contributed by atoms with van der Waals surface area (Å²) in [4.78, 5) is 0.292. The molecule has 0 aliphatic carbocycles. The van der Waals surface area contributed by atoms with E-state index in [2.05, 4.69) is 10.2 Å². The zero-order valence-corrected chi connectivity index (χ0v) is 15.5. The molecule has 6 nitrogen and oxygen atoms in total. The van der Waals surface area contributed by atoms with Gasteiger partial charge < -0.3 is 0 Å². The van der Waals surface area contributed by atoms with Gasteiger partial charge in [0.1, 0.15) is 6.33 Å². The standard InChI is InChI=1S/C17H18N4O2S2/c1-20(2)25(22,23)16-10-6-7-14(11-16)12-24-17-19-18-13-21(17)15-8-4-3-5-9-15/h3-11,13H,12H2,1-2H3. The Balaban J connectivity index is 1.79. The van der Waals surface area contributed by atoms with E-state index in [4.69, 9.17) is 0 Å². The number of para-hydroxylation sites is 1. The summed E-state index contributed by atoms with van der Waals surface area (Å²) in [7, 11) is -0.378. The largest absolute Gasteiger partial charge is 0.277 e. The molecule has 0 radical (unpaired) electrons. The zero-order valence-electron chi connectivity index (χ0n) is 13.9. The normalized spacial score (nSPS) is 11.8. The Bertz CT molecular complexity index is 954. The summed E-state index contributed by atoms with van der Waals surface area (Å²) in [5.41, 5.74) is 1.90. The molecule has 0 unspecified atom stereocenters. The molecule has 130 valence electrons. The Morgan fingerprint density at radius 3 is 2.56 bits per heavy atom.